The van der Waals surface area contributed by atoms with E-state index < -0.39 is 21.4 Å². The summed E-state index contributed by atoms with van der Waals surface area (Å²) in [5.41, 5.74) is -0.496. The Morgan fingerprint density at radius 1 is 1.26 bits per heavy atom. The Morgan fingerprint density at radius 3 is 2.53 bits per heavy atom. The van der Waals surface area contributed by atoms with Crippen LogP contribution in [-0.4, -0.2) is 37.9 Å². The van der Waals surface area contributed by atoms with Crippen LogP contribution < -0.4 is 5.32 Å². The summed E-state index contributed by atoms with van der Waals surface area (Å²) >= 11 is 0. The summed E-state index contributed by atoms with van der Waals surface area (Å²) < 4.78 is 39.7. The third kappa shape index (κ3) is 2.96. The highest BCUT2D eigenvalue weighted by atomic mass is 32.2. The Morgan fingerprint density at radius 2 is 1.89 bits per heavy atom. The van der Waals surface area contributed by atoms with Crippen LogP contribution >= 0.6 is 0 Å². The summed E-state index contributed by atoms with van der Waals surface area (Å²) in [6, 6.07) is 4.99. The van der Waals surface area contributed by atoms with Crippen molar-refractivity contribution in [2.24, 2.45) is 0 Å². The summed E-state index contributed by atoms with van der Waals surface area (Å²) in [7, 11) is -3.58. The molecule has 1 aliphatic rings. The highest BCUT2D eigenvalue weighted by Crippen LogP contribution is 2.26. The van der Waals surface area contributed by atoms with E-state index in [0.717, 1.165) is 13.0 Å². The van der Waals surface area contributed by atoms with Gasteiger partial charge in [-0.1, -0.05) is 0 Å². The van der Waals surface area contributed by atoms with E-state index in [1.807, 2.05) is 13.8 Å². The van der Waals surface area contributed by atoms with E-state index in [-0.39, 0.29) is 4.90 Å². The van der Waals surface area contributed by atoms with Gasteiger partial charge in [0.1, 0.15) is 5.82 Å². The highest BCUT2D eigenvalue weighted by molar-refractivity contribution is 7.89. The number of halogens is 1. The molecule has 1 N–H and O–H groups in total. The van der Waals surface area contributed by atoms with Gasteiger partial charge in [-0.25, -0.2) is 12.8 Å². The second-order valence-electron chi connectivity index (χ2n) is 5.37. The van der Waals surface area contributed by atoms with Crippen molar-refractivity contribution in [1.82, 2.24) is 9.62 Å². The number of nitrogens with one attached hydrogen (secondary N) is 1. The molecule has 1 saturated heterocycles. The average Bonchev–Trinajstić information content (AvgIpc) is 2.50. The first-order valence-corrected chi connectivity index (χ1v) is 7.77. The fourth-order valence-corrected chi connectivity index (χ4v) is 4.13. The molecule has 0 bridgehead atoms. The third-order valence-electron chi connectivity index (χ3n) is 3.35. The van der Waals surface area contributed by atoms with Gasteiger partial charge in [0, 0.05) is 18.6 Å². The lowest BCUT2D eigenvalue weighted by atomic mass is 10.1. The molecule has 0 atom stereocenters. The number of sulfonamides is 1. The fraction of sp³-hybridized carbons (Fsp3) is 0.538. The molecule has 0 unspecified atom stereocenters. The van der Waals surface area contributed by atoms with Gasteiger partial charge in [-0.2, -0.15) is 4.31 Å². The largest absolute Gasteiger partial charge is 0.315 e. The van der Waals surface area contributed by atoms with Gasteiger partial charge >= 0.3 is 0 Å². The monoisotopic (exact) mass is 286 g/mol. The Hall–Kier alpha value is -0.980. The predicted molar refractivity (Wildman–Crippen MR) is 71.9 cm³/mol. The van der Waals surface area contributed by atoms with Crippen molar-refractivity contribution >= 4 is 10.0 Å². The molecule has 4 nitrogen and oxygen atoms in total. The Bertz CT molecular complexity index is 540. The molecule has 0 amide bonds. The number of hydrogen-bond acceptors (Lipinski definition) is 3. The summed E-state index contributed by atoms with van der Waals surface area (Å²) in [6.45, 7) is 5.67. The third-order valence-corrected chi connectivity index (χ3v) is 5.47. The molecule has 0 aliphatic carbocycles. The molecule has 2 rings (SSSR count). The van der Waals surface area contributed by atoms with Crippen LogP contribution in [0.2, 0.25) is 0 Å². The van der Waals surface area contributed by atoms with Gasteiger partial charge in [0.2, 0.25) is 10.0 Å². The predicted octanol–water partition coefficient (Wildman–Crippen LogP) is 1.59. The van der Waals surface area contributed by atoms with E-state index in [2.05, 4.69) is 5.32 Å². The average molecular weight is 286 g/mol. The van der Waals surface area contributed by atoms with Crippen molar-refractivity contribution in [1.29, 1.82) is 0 Å². The molecule has 1 fully saturated rings. The minimum atomic E-state index is -3.58. The van der Waals surface area contributed by atoms with Gasteiger partial charge < -0.3 is 5.32 Å². The minimum Gasteiger partial charge on any atom is -0.315 e. The van der Waals surface area contributed by atoms with E-state index in [9.17, 15) is 12.8 Å². The SMILES string of the molecule is CC1(C)CNCCCN1S(=O)(=O)c1ccc(F)cc1. The van der Waals surface area contributed by atoms with Gasteiger partial charge in [0.25, 0.3) is 0 Å². The lowest BCUT2D eigenvalue weighted by molar-refractivity contribution is 0.242. The smallest absolute Gasteiger partial charge is 0.243 e. The van der Waals surface area contributed by atoms with Crippen LogP contribution in [0.5, 0.6) is 0 Å². The van der Waals surface area contributed by atoms with E-state index >= 15 is 0 Å². The zero-order chi connectivity index (χ0) is 14.1. The molecular weight excluding hydrogens is 267 g/mol. The first kappa shape index (κ1) is 14.4. The van der Waals surface area contributed by atoms with Crippen LogP contribution in [0.4, 0.5) is 4.39 Å². The van der Waals surface area contributed by atoms with Crippen LogP contribution in [0.25, 0.3) is 0 Å². The van der Waals surface area contributed by atoms with E-state index in [0.29, 0.717) is 13.1 Å². The zero-order valence-corrected chi connectivity index (χ0v) is 12.0. The van der Waals surface area contributed by atoms with Gasteiger partial charge in [-0.05, 0) is 51.1 Å². The van der Waals surface area contributed by atoms with Crippen LogP contribution in [0, 0.1) is 5.82 Å². The molecule has 19 heavy (non-hydrogen) atoms. The molecular formula is C13H19FN2O2S. The molecule has 1 aliphatic heterocycles. The number of hydrogen-bond donors (Lipinski definition) is 1. The normalized spacial score (nSPS) is 21.0. The molecule has 0 radical (unpaired) electrons. The Balaban J connectivity index is 2.39. The fourth-order valence-electron chi connectivity index (χ4n) is 2.31. The quantitative estimate of drug-likeness (QED) is 0.898. The number of rotatable bonds is 2. The summed E-state index contributed by atoms with van der Waals surface area (Å²) in [6.07, 6.45) is 0.768. The number of nitrogens with zero attached hydrogens (tertiary/aromatic N) is 1. The molecule has 1 heterocycles. The first-order chi connectivity index (χ1) is 8.84. The molecule has 0 aromatic heterocycles. The van der Waals surface area contributed by atoms with Crippen molar-refractivity contribution in [2.75, 3.05) is 19.6 Å². The van der Waals surface area contributed by atoms with Crippen molar-refractivity contribution in [2.45, 2.75) is 30.7 Å². The molecule has 106 valence electrons. The Labute approximate surface area is 113 Å². The standard InChI is InChI=1S/C13H19FN2O2S/c1-13(2)10-15-8-3-9-16(13)19(17,18)12-6-4-11(14)5-7-12/h4-7,15H,3,8-10H2,1-2H3. The highest BCUT2D eigenvalue weighted by Gasteiger charge is 2.37. The van der Waals surface area contributed by atoms with Crippen molar-refractivity contribution < 1.29 is 12.8 Å². The maximum Gasteiger partial charge on any atom is 0.243 e. The van der Waals surface area contributed by atoms with Gasteiger partial charge in [-0.15, -0.1) is 0 Å². The van der Waals surface area contributed by atoms with Crippen molar-refractivity contribution in [3.8, 4) is 0 Å². The summed E-state index contributed by atoms with van der Waals surface area (Å²) in [5.74, 6) is -0.434. The second kappa shape index (κ2) is 5.19. The van der Waals surface area contributed by atoms with Gasteiger partial charge in [-0.3, -0.25) is 0 Å². The molecule has 1 aromatic rings. The maximum absolute atomic E-state index is 12.9. The van der Waals surface area contributed by atoms with Crippen molar-refractivity contribution in [3.63, 3.8) is 0 Å². The lowest BCUT2D eigenvalue weighted by Gasteiger charge is -2.35. The Kier molecular flexibility index (Phi) is 3.94. The van der Waals surface area contributed by atoms with Crippen LogP contribution in [0.1, 0.15) is 20.3 Å². The van der Waals surface area contributed by atoms with Crippen LogP contribution in [0.3, 0.4) is 0 Å². The molecule has 1 aromatic carbocycles. The van der Waals surface area contributed by atoms with E-state index in [1.165, 1.54) is 28.6 Å². The molecule has 0 saturated carbocycles. The first-order valence-electron chi connectivity index (χ1n) is 6.33. The van der Waals surface area contributed by atoms with Crippen LogP contribution in [-0.2, 0) is 10.0 Å². The van der Waals surface area contributed by atoms with Gasteiger partial charge in [0.15, 0.2) is 0 Å². The van der Waals surface area contributed by atoms with Gasteiger partial charge in [0.05, 0.1) is 4.90 Å². The van der Waals surface area contributed by atoms with E-state index in [1.54, 1.807) is 0 Å². The topological polar surface area (TPSA) is 49.4 Å². The number of benzene rings is 1. The van der Waals surface area contributed by atoms with E-state index in [4.69, 9.17) is 0 Å². The maximum atomic E-state index is 12.9. The summed E-state index contributed by atoms with van der Waals surface area (Å²) in [5, 5.41) is 3.23. The molecule has 0 spiro atoms. The van der Waals surface area contributed by atoms with Crippen LogP contribution in [0.15, 0.2) is 29.2 Å². The summed E-state index contributed by atoms with van der Waals surface area (Å²) in [4.78, 5) is 0.142. The van der Waals surface area contributed by atoms with Crippen molar-refractivity contribution in [3.05, 3.63) is 30.1 Å². The second-order valence-corrected chi connectivity index (χ2v) is 7.24. The molecule has 6 heteroatoms. The minimum absolute atomic E-state index is 0.142. The zero-order valence-electron chi connectivity index (χ0n) is 11.2. The lowest BCUT2D eigenvalue weighted by Crippen LogP contribution is -2.51.